The van der Waals surface area contributed by atoms with Gasteiger partial charge in [0.25, 0.3) is 5.91 Å². The third-order valence-corrected chi connectivity index (χ3v) is 1.91. The zero-order chi connectivity index (χ0) is 11.5. The molecule has 0 spiro atoms. The van der Waals surface area contributed by atoms with E-state index < -0.39 is 11.7 Å². The van der Waals surface area contributed by atoms with Crippen LogP contribution in [0.25, 0.3) is 0 Å². The zero-order valence-electron chi connectivity index (χ0n) is 8.49. The maximum Gasteiger partial charge on any atom is 0.258 e. The summed E-state index contributed by atoms with van der Waals surface area (Å²) in [5.41, 5.74) is 0.224. The van der Waals surface area contributed by atoms with Crippen LogP contribution in [0.5, 0.6) is 0 Å². The third-order valence-electron chi connectivity index (χ3n) is 1.91. The van der Waals surface area contributed by atoms with E-state index in [9.17, 15) is 9.18 Å². The van der Waals surface area contributed by atoms with Gasteiger partial charge in [-0.05, 0) is 25.1 Å². The first-order chi connectivity index (χ1) is 7.65. The Hall–Kier alpha value is -2.24. The number of benzene rings is 1. The van der Waals surface area contributed by atoms with Gasteiger partial charge in [0, 0.05) is 5.56 Å². The summed E-state index contributed by atoms with van der Waals surface area (Å²) >= 11 is 0. The SMILES string of the molecule is Cc1nc(NC(=O)c2cccc(F)c2)n[nH]1. The highest BCUT2D eigenvalue weighted by atomic mass is 19.1. The van der Waals surface area contributed by atoms with Crippen LogP contribution in [-0.2, 0) is 0 Å². The summed E-state index contributed by atoms with van der Waals surface area (Å²) in [7, 11) is 0. The molecule has 1 amide bonds. The van der Waals surface area contributed by atoms with Crippen LogP contribution in [0, 0.1) is 12.7 Å². The van der Waals surface area contributed by atoms with Gasteiger partial charge >= 0.3 is 0 Å². The van der Waals surface area contributed by atoms with Crippen LogP contribution in [0.15, 0.2) is 24.3 Å². The zero-order valence-corrected chi connectivity index (χ0v) is 8.49. The van der Waals surface area contributed by atoms with E-state index in [2.05, 4.69) is 20.5 Å². The summed E-state index contributed by atoms with van der Waals surface area (Å²) < 4.78 is 12.9. The number of amides is 1. The molecule has 0 fully saturated rings. The molecule has 2 aromatic rings. The van der Waals surface area contributed by atoms with E-state index in [1.165, 1.54) is 18.2 Å². The predicted molar refractivity (Wildman–Crippen MR) is 55.5 cm³/mol. The van der Waals surface area contributed by atoms with Crippen molar-refractivity contribution in [1.82, 2.24) is 15.2 Å². The molecule has 2 rings (SSSR count). The molecule has 82 valence electrons. The van der Waals surface area contributed by atoms with Gasteiger partial charge in [0.05, 0.1) is 0 Å². The van der Waals surface area contributed by atoms with Gasteiger partial charge in [0.2, 0.25) is 5.95 Å². The molecule has 0 saturated heterocycles. The Bertz CT molecular complexity index is 523. The van der Waals surface area contributed by atoms with Crippen molar-refractivity contribution < 1.29 is 9.18 Å². The largest absolute Gasteiger partial charge is 0.289 e. The first kappa shape index (κ1) is 10.3. The molecule has 1 aromatic heterocycles. The smallest absolute Gasteiger partial charge is 0.258 e. The molecule has 1 heterocycles. The number of nitrogens with one attached hydrogen (secondary N) is 2. The highest BCUT2D eigenvalue weighted by Gasteiger charge is 2.09. The van der Waals surface area contributed by atoms with Crippen LogP contribution in [0.3, 0.4) is 0 Å². The highest BCUT2D eigenvalue weighted by Crippen LogP contribution is 2.06. The topological polar surface area (TPSA) is 70.7 Å². The minimum Gasteiger partial charge on any atom is -0.289 e. The molecule has 0 radical (unpaired) electrons. The number of aromatic nitrogens is 3. The van der Waals surface area contributed by atoms with E-state index in [4.69, 9.17) is 0 Å². The number of anilines is 1. The standard InChI is InChI=1S/C10H9FN4O/c1-6-12-10(15-14-6)13-9(16)7-3-2-4-8(11)5-7/h2-5H,1H3,(H2,12,13,14,15,16). The number of aryl methyl sites for hydroxylation is 1. The quantitative estimate of drug-likeness (QED) is 0.805. The molecule has 0 unspecified atom stereocenters. The van der Waals surface area contributed by atoms with Crippen LogP contribution in [0.1, 0.15) is 16.2 Å². The van der Waals surface area contributed by atoms with Gasteiger partial charge in [0.1, 0.15) is 11.6 Å². The summed E-state index contributed by atoms with van der Waals surface area (Å²) in [6, 6.07) is 5.40. The summed E-state index contributed by atoms with van der Waals surface area (Å²) in [5.74, 6) is -0.140. The van der Waals surface area contributed by atoms with Crippen molar-refractivity contribution in [3.63, 3.8) is 0 Å². The number of carbonyl (C=O) groups excluding carboxylic acids is 1. The normalized spacial score (nSPS) is 10.1. The van der Waals surface area contributed by atoms with Crippen molar-refractivity contribution in [3.05, 3.63) is 41.5 Å². The number of hydrogen-bond acceptors (Lipinski definition) is 3. The van der Waals surface area contributed by atoms with Crippen LogP contribution in [0.4, 0.5) is 10.3 Å². The van der Waals surface area contributed by atoms with E-state index >= 15 is 0 Å². The summed E-state index contributed by atoms with van der Waals surface area (Å²) in [6.07, 6.45) is 0. The average molecular weight is 220 g/mol. The minimum absolute atomic E-state index is 0.173. The molecular formula is C10H9FN4O. The number of nitrogens with zero attached hydrogens (tertiary/aromatic N) is 2. The maximum atomic E-state index is 12.9. The molecule has 1 aromatic carbocycles. The van der Waals surface area contributed by atoms with Gasteiger partial charge in [-0.3, -0.25) is 15.2 Å². The van der Waals surface area contributed by atoms with Crippen LogP contribution in [0.2, 0.25) is 0 Å². The number of halogens is 1. The molecule has 6 heteroatoms. The molecule has 0 aliphatic heterocycles. The molecule has 0 bridgehead atoms. The second-order valence-corrected chi connectivity index (χ2v) is 3.21. The van der Waals surface area contributed by atoms with Gasteiger partial charge in [-0.15, -0.1) is 5.10 Å². The van der Waals surface area contributed by atoms with E-state index in [0.717, 1.165) is 6.07 Å². The summed E-state index contributed by atoms with van der Waals surface area (Å²) in [6.45, 7) is 1.71. The summed E-state index contributed by atoms with van der Waals surface area (Å²) in [4.78, 5) is 15.5. The Labute approximate surface area is 90.7 Å². The Morgan fingerprint density at radius 3 is 2.94 bits per heavy atom. The first-order valence-electron chi connectivity index (χ1n) is 4.61. The van der Waals surface area contributed by atoms with Crippen LogP contribution in [-0.4, -0.2) is 21.1 Å². The van der Waals surface area contributed by atoms with Crippen LogP contribution < -0.4 is 5.32 Å². The minimum atomic E-state index is -0.459. The van der Waals surface area contributed by atoms with Gasteiger partial charge in [-0.1, -0.05) is 6.07 Å². The van der Waals surface area contributed by atoms with Gasteiger partial charge in [-0.2, -0.15) is 4.98 Å². The number of H-pyrrole nitrogens is 1. The molecule has 0 atom stereocenters. The maximum absolute atomic E-state index is 12.9. The lowest BCUT2D eigenvalue weighted by Gasteiger charge is -2.00. The van der Waals surface area contributed by atoms with E-state index in [1.807, 2.05) is 0 Å². The Morgan fingerprint density at radius 2 is 2.31 bits per heavy atom. The molecule has 5 nitrogen and oxygen atoms in total. The van der Waals surface area contributed by atoms with Gasteiger partial charge in [0.15, 0.2) is 0 Å². The Kier molecular flexibility index (Phi) is 2.63. The summed E-state index contributed by atoms with van der Waals surface area (Å²) in [5, 5.41) is 8.78. The number of aromatic amines is 1. The molecular weight excluding hydrogens is 211 g/mol. The number of hydrogen-bond donors (Lipinski definition) is 2. The third kappa shape index (κ3) is 2.22. The second kappa shape index (κ2) is 4.09. The monoisotopic (exact) mass is 220 g/mol. The molecule has 0 saturated carbocycles. The highest BCUT2D eigenvalue weighted by molar-refractivity contribution is 6.03. The molecule has 0 aliphatic carbocycles. The second-order valence-electron chi connectivity index (χ2n) is 3.21. The number of carbonyl (C=O) groups is 1. The number of rotatable bonds is 2. The first-order valence-corrected chi connectivity index (χ1v) is 4.61. The Morgan fingerprint density at radius 1 is 1.50 bits per heavy atom. The van der Waals surface area contributed by atoms with Gasteiger partial charge in [-0.25, -0.2) is 4.39 Å². The van der Waals surface area contributed by atoms with E-state index in [0.29, 0.717) is 5.82 Å². The fourth-order valence-corrected chi connectivity index (χ4v) is 1.20. The van der Waals surface area contributed by atoms with Crippen molar-refractivity contribution in [3.8, 4) is 0 Å². The van der Waals surface area contributed by atoms with Crippen molar-refractivity contribution in [2.24, 2.45) is 0 Å². The molecule has 16 heavy (non-hydrogen) atoms. The molecule has 2 N–H and O–H groups in total. The van der Waals surface area contributed by atoms with Crippen molar-refractivity contribution >= 4 is 11.9 Å². The molecule has 0 aliphatic rings. The van der Waals surface area contributed by atoms with Gasteiger partial charge < -0.3 is 0 Å². The van der Waals surface area contributed by atoms with Crippen molar-refractivity contribution in [2.75, 3.05) is 5.32 Å². The van der Waals surface area contributed by atoms with E-state index in [1.54, 1.807) is 6.92 Å². The fourth-order valence-electron chi connectivity index (χ4n) is 1.20. The lowest BCUT2D eigenvalue weighted by Crippen LogP contribution is -2.13. The van der Waals surface area contributed by atoms with E-state index in [-0.39, 0.29) is 11.5 Å². The van der Waals surface area contributed by atoms with Crippen molar-refractivity contribution in [1.29, 1.82) is 0 Å². The Balaban J connectivity index is 2.14. The fraction of sp³-hybridized carbons (Fsp3) is 0.100. The predicted octanol–water partition coefficient (Wildman–Crippen LogP) is 1.50. The lowest BCUT2D eigenvalue weighted by molar-refractivity contribution is 0.102. The lowest BCUT2D eigenvalue weighted by atomic mass is 10.2. The van der Waals surface area contributed by atoms with Crippen LogP contribution >= 0.6 is 0 Å². The van der Waals surface area contributed by atoms with Crippen molar-refractivity contribution in [2.45, 2.75) is 6.92 Å². The average Bonchev–Trinajstić information content (AvgIpc) is 2.64.